The molecule has 1 aliphatic rings. The molecule has 0 spiro atoms. The number of hydrogen-bond donors (Lipinski definition) is 1. The molecule has 0 unspecified atom stereocenters. The third-order valence-corrected chi connectivity index (χ3v) is 4.97. The maximum absolute atomic E-state index is 12.7. The summed E-state index contributed by atoms with van der Waals surface area (Å²) in [4.78, 5) is 14.6. The highest BCUT2D eigenvalue weighted by molar-refractivity contribution is 6.31. The van der Waals surface area contributed by atoms with Crippen molar-refractivity contribution >= 4 is 17.5 Å². The molecule has 1 saturated heterocycles. The van der Waals surface area contributed by atoms with E-state index in [0.29, 0.717) is 30.2 Å². The Hall–Kier alpha value is -2.53. The number of hydrogen-bond acceptors (Lipinski definition) is 3. The van der Waals surface area contributed by atoms with Crippen molar-refractivity contribution in [2.45, 2.75) is 19.3 Å². The van der Waals surface area contributed by atoms with Crippen LogP contribution in [-0.2, 0) is 0 Å². The Morgan fingerprint density at radius 2 is 2.16 bits per heavy atom. The van der Waals surface area contributed by atoms with Gasteiger partial charge in [0.15, 0.2) is 11.5 Å². The Morgan fingerprint density at radius 1 is 1.32 bits per heavy atom. The van der Waals surface area contributed by atoms with Crippen molar-refractivity contribution in [2.24, 2.45) is 0 Å². The largest absolute Gasteiger partial charge is 0.460 e. The van der Waals surface area contributed by atoms with E-state index in [1.807, 2.05) is 48.2 Å². The second-order valence-electron chi connectivity index (χ2n) is 6.34. The fourth-order valence-electron chi connectivity index (χ4n) is 3.30. The summed E-state index contributed by atoms with van der Waals surface area (Å²) < 4.78 is 5.57. The number of furan rings is 1. The molecule has 1 atom stereocenters. The molecule has 0 saturated carbocycles. The molecule has 5 nitrogen and oxygen atoms in total. The molecule has 1 aliphatic heterocycles. The van der Waals surface area contributed by atoms with Gasteiger partial charge in [-0.1, -0.05) is 29.8 Å². The zero-order valence-corrected chi connectivity index (χ0v) is 14.6. The van der Waals surface area contributed by atoms with E-state index in [4.69, 9.17) is 16.0 Å². The molecule has 3 aromatic rings. The minimum absolute atomic E-state index is 0.0691. The Morgan fingerprint density at radius 3 is 2.92 bits per heavy atom. The second-order valence-corrected chi connectivity index (χ2v) is 6.74. The van der Waals surface area contributed by atoms with Gasteiger partial charge in [-0.25, -0.2) is 0 Å². The number of rotatable bonds is 3. The average molecular weight is 356 g/mol. The number of aromatic nitrogens is 2. The summed E-state index contributed by atoms with van der Waals surface area (Å²) in [6.45, 7) is 3.24. The van der Waals surface area contributed by atoms with Crippen LogP contribution < -0.4 is 0 Å². The van der Waals surface area contributed by atoms with Crippen LogP contribution in [0.5, 0.6) is 0 Å². The van der Waals surface area contributed by atoms with Gasteiger partial charge in [0.2, 0.25) is 0 Å². The first-order valence-corrected chi connectivity index (χ1v) is 8.65. The summed E-state index contributed by atoms with van der Waals surface area (Å²) in [5.74, 6) is 1.70. The van der Waals surface area contributed by atoms with Crippen molar-refractivity contribution in [3.8, 4) is 11.5 Å². The summed E-state index contributed by atoms with van der Waals surface area (Å²) in [6.07, 6.45) is 0.907. The lowest BCUT2D eigenvalue weighted by atomic mass is 9.98. The van der Waals surface area contributed by atoms with Crippen LogP contribution in [0.4, 0.5) is 0 Å². The first kappa shape index (κ1) is 16.0. The van der Waals surface area contributed by atoms with E-state index < -0.39 is 0 Å². The number of nitrogens with one attached hydrogen (secondary N) is 1. The number of nitrogens with zero attached hydrogens (tertiary/aromatic N) is 2. The zero-order valence-electron chi connectivity index (χ0n) is 13.8. The van der Waals surface area contributed by atoms with Crippen LogP contribution in [0.3, 0.4) is 0 Å². The standard InChI is InChI=1S/C19H18ClN3O2/c1-12-6-7-18(25-12)16-10-17(22-21-16)19(24)23-9-8-13(11-23)14-4-2-3-5-15(14)20/h2-7,10,13H,8-9,11H2,1H3,(H,21,22)/t13-/m1/s1. The van der Waals surface area contributed by atoms with Crippen molar-refractivity contribution in [3.63, 3.8) is 0 Å². The highest BCUT2D eigenvalue weighted by Gasteiger charge is 2.30. The summed E-state index contributed by atoms with van der Waals surface area (Å²) in [6, 6.07) is 13.3. The maximum Gasteiger partial charge on any atom is 0.274 e. The number of carbonyl (C=O) groups is 1. The summed E-state index contributed by atoms with van der Waals surface area (Å²) >= 11 is 6.29. The Balaban J connectivity index is 1.49. The molecule has 0 bridgehead atoms. The first-order valence-electron chi connectivity index (χ1n) is 8.28. The van der Waals surface area contributed by atoms with Crippen LogP contribution in [0.2, 0.25) is 5.02 Å². The van der Waals surface area contributed by atoms with E-state index in [1.165, 1.54) is 0 Å². The number of benzene rings is 1. The number of H-pyrrole nitrogens is 1. The van der Waals surface area contributed by atoms with Gasteiger partial charge in [-0.2, -0.15) is 5.10 Å². The van der Waals surface area contributed by atoms with Gasteiger partial charge in [0.05, 0.1) is 0 Å². The highest BCUT2D eigenvalue weighted by Crippen LogP contribution is 2.32. The van der Waals surface area contributed by atoms with Crippen LogP contribution in [-0.4, -0.2) is 34.1 Å². The minimum atomic E-state index is -0.0691. The number of amides is 1. The van der Waals surface area contributed by atoms with Crippen LogP contribution in [0.1, 0.15) is 34.2 Å². The van der Waals surface area contributed by atoms with E-state index in [0.717, 1.165) is 22.8 Å². The molecule has 6 heteroatoms. The summed E-state index contributed by atoms with van der Waals surface area (Å²) in [5.41, 5.74) is 2.22. The minimum Gasteiger partial charge on any atom is -0.460 e. The number of likely N-dealkylation sites (tertiary alicyclic amines) is 1. The zero-order chi connectivity index (χ0) is 17.4. The molecule has 0 aliphatic carbocycles. The van der Waals surface area contributed by atoms with E-state index in [-0.39, 0.29) is 11.8 Å². The van der Waals surface area contributed by atoms with Crippen molar-refractivity contribution in [1.29, 1.82) is 0 Å². The van der Waals surface area contributed by atoms with E-state index >= 15 is 0 Å². The fourth-order valence-corrected chi connectivity index (χ4v) is 3.59. The number of aryl methyl sites for hydroxylation is 1. The van der Waals surface area contributed by atoms with E-state index in [1.54, 1.807) is 6.07 Å². The van der Waals surface area contributed by atoms with Gasteiger partial charge in [-0.15, -0.1) is 0 Å². The third kappa shape index (κ3) is 3.07. The monoisotopic (exact) mass is 355 g/mol. The fraction of sp³-hybridized carbons (Fsp3) is 0.263. The van der Waals surface area contributed by atoms with Gasteiger partial charge in [-0.05, 0) is 37.1 Å². The Labute approximate surface area is 150 Å². The molecule has 1 amide bonds. The maximum atomic E-state index is 12.7. The number of aromatic amines is 1. The van der Waals surface area contributed by atoms with Crippen molar-refractivity contribution < 1.29 is 9.21 Å². The highest BCUT2D eigenvalue weighted by atomic mass is 35.5. The van der Waals surface area contributed by atoms with Gasteiger partial charge >= 0.3 is 0 Å². The predicted octanol–water partition coefficient (Wildman–Crippen LogP) is 4.26. The van der Waals surface area contributed by atoms with E-state index in [2.05, 4.69) is 10.2 Å². The second kappa shape index (κ2) is 6.41. The quantitative estimate of drug-likeness (QED) is 0.763. The summed E-state index contributed by atoms with van der Waals surface area (Å²) in [7, 11) is 0. The van der Waals surface area contributed by atoms with Gasteiger partial charge in [0, 0.05) is 30.1 Å². The van der Waals surface area contributed by atoms with Gasteiger partial charge in [-0.3, -0.25) is 9.89 Å². The van der Waals surface area contributed by atoms with Gasteiger partial charge in [0.25, 0.3) is 5.91 Å². The molecule has 25 heavy (non-hydrogen) atoms. The lowest BCUT2D eigenvalue weighted by molar-refractivity contribution is 0.0785. The molecule has 4 rings (SSSR count). The Bertz CT molecular complexity index is 915. The van der Waals surface area contributed by atoms with Crippen LogP contribution in [0, 0.1) is 6.92 Å². The normalized spacial score (nSPS) is 17.2. The molecule has 1 aromatic carbocycles. The van der Waals surface area contributed by atoms with Gasteiger partial charge < -0.3 is 9.32 Å². The molecule has 128 valence electrons. The number of carbonyl (C=O) groups excluding carboxylic acids is 1. The van der Waals surface area contributed by atoms with Crippen LogP contribution >= 0.6 is 11.6 Å². The SMILES string of the molecule is Cc1ccc(-c2cc(C(=O)N3CC[C@@H](c4ccccc4Cl)C3)n[nH]2)o1. The molecular weight excluding hydrogens is 338 g/mol. The first-order chi connectivity index (χ1) is 12.1. The van der Waals surface area contributed by atoms with Crippen molar-refractivity contribution in [3.05, 3.63) is 64.5 Å². The lowest BCUT2D eigenvalue weighted by Gasteiger charge is -2.16. The molecule has 2 aromatic heterocycles. The van der Waals surface area contributed by atoms with Crippen LogP contribution in [0.15, 0.2) is 46.9 Å². The molecule has 1 N–H and O–H groups in total. The molecule has 1 fully saturated rings. The predicted molar refractivity (Wildman–Crippen MR) is 95.7 cm³/mol. The molecular formula is C19H18ClN3O2. The molecule has 3 heterocycles. The summed E-state index contributed by atoms with van der Waals surface area (Å²) in [5, 5.41) is 7.80. The average Bonchev–Trinajstić information content (AvgIpc) is 3.35. The molecule has 0 radical (unpaired) electrons. The lowest BCUT2D eigenvalue weighted by Crippen LogP contribution is -2.28. The van der Waals surface area contributed by atoms with Gasteiger partial charge in [0.1, 0.15) is 11.5 Å². The third-order valence-electron chi connectivity index (χ3n) is 4.62. The van der Waals surface area contributed by atoms with E-state index in [9.17, 15) is 4.79 Å². The van der Waals surface area contributed by atoms with Crippen molar-refractivity contribution in [1.82, 2.24) is 15.1 Å². The van der Waals surface area contributed by atoms with Crippen LogP contribution in [0.25, 0.3) is 11.5 Å². The van der Waals surface area contributed by atoms with Crippen molar-refractivity contribution in [2.75, 3.05) is 13.1 Å². The smallest absolute Gasteiger partial charge is 0.274 e. The topological polar surface area (TPSA) is 62.1 Å². The number of halogens is 1. The Kier molecular flexibility index (Phi) is 4.09.